The van der Waals surface area contributed by atoms with Gasteiger partial charge in [0, 0.05) is 30.9 Å². The maximum atomic E-state index is 11.0. The summed E-state index contributed by atoms with van der Waals surface area (Å²) in [5.74, 6) is 1.47. The van der Waals surface area contributed by atoms with Crippen molar-refractivity contribution in [2.45, 2.75) is 19.6 Å². The highest BCUT2D eigenvalue weighted by atomic mass is 35.5. The minimum Gasteiger partial charge on any atom is -0.471 e. The Balaban J connectivity index is 1.21. The monoisotopic (exact) mass is 459 g/mol. The Morgan fingerprint density at radius 2 is 2.09 bits per heavy atom. The molecule has 4 heterocycles. The first kappa shape index (κ1) is 21.3. The number of H-pyrrole nitrogens is 1. The average molecular weight is 460 g/mol. The van der Waals surface area contributed by atoms with Gasteiger partial charge in [0.2, 0.25) is 5.88 Å². The summed E-state index contributed by atoms with van der Waals surface area (Å²) in [5, 5.41) is 0.601. The molecule has 8 heteroatoms. The van der Waals surface area contributed by atoms with Crippen LogP contribution >= 0.6 is 11.6 Å². The van der Waals surface area contributed by atoms with Crippen LogP contribution in [0.25, 0.3) is 16.6 Å². The minimum absolute atomic E-state index is 0.340. The molecule has 166 valence electrons. The number of hydrogen-bond acceptors (Lipinski definition) is 6. The van der Waals surface area contributed by atoms with Crippen LogP contribution in [0.3, 0.4) is 0 Å². The summed E-state index contributed by atoms with van der Waals surface area (Å²) in [6, 6.07) is 14.9. The van der Waals surface area contributed by atoms with Crippen LogP contribution in [0.5, 0.6) is 5.88 Å². The van der Waals surface area contributed by atoms with E-state index in [-0.39, 0.29) is 0 Å². The highest BCUT2D eigenvalue weighted by Gasteiger charge is 2.16. The molecule has 1 aliphatic rings. The number of rotatable bonds is 7. The van der Waals surface area contributed by atoms with E-state index < -0.39 is 0 Å². The van der Waals surface area contributed by atoms with Crippen molar-refractivity contribution in [2.24, 2.45) is 0 Å². The summed E-state index contributed by atoms with van der Waals surface area (Å²) in [5.41, 5.74) is 5.35. The third-order valence-electron chi connectivity index (χ3n) is 5.57. The Bertz CT molecular complexity index is 1320. The van der Waals surface area contributed by atoms with Crippen LogP contribution in [-0.4, -0.2) is 44.2 Å². The molecule has 0 spiro atoms. The average Bonchev–Trinajstić information content (AvgIpc) is 3.25. The van der Waals surface area contributed by atoms with Crippen molar-refractivity contribution < 1.29 is 9.53 Å². The zero-order valence-corrected chi connectivity index (χ0v) is 18.6. The first-order chi connectivity index (χ1) is 16.2. The molecular formula is C25H22ClN5O2. The topological polar surface area (TPSA) is 84.0 Å². The summed E-state index contributed by atoms with van der Waals surface area (Å²) < 4.78 is 5.82. The van der Waals surface area contributed by atoms with E-state index in [2.05, 4.69) is 30.9 Å². The Morgan fingerprint density at radius 1 is 1.15 bits per heavy atom. The first-order valence-corrected chi connectivity index (χ1v) is 11.1. The van der Waals surface area contributed by atoms with Gasteiger partial charge in [-0.1, -0.05) is 23.7 Å². The largest absolute Gasteiger partial charge is 0.471 e. The molecule has 0 saturated heterocycles. The zero-order valence-electron chi connectivity index (χ0n) is 17.9. The van der Waals surface area contributed by atoms with Crippen molar-refractivity contribution >= 4 is 34.5 Å². The molecule has 1 N–H and O–H groups in total. The van der Waals surface area contributed by atoms with E-state index in [0.717, 1.165) is 60.6 Å². The number of aromatic nitrogens is 4. The number of fused-ring (bicyclic) bond motifs is 1. The van der Waals surface area contributed by atoms with Gasteiger partial charge < -0.3 is 9.72 Å². The van der Waals surface area contributed by atoms with E-state index in [1.54, 1.807) is 18.3 Å². The predicted octanol–water partition coefficient (Wildman–Crippen LogP) is 4.69. The molecule has 1 aliphatic heterocycles. The molecule has 5 rings (SSSR count). The fraction of sp³-hybridized carbons (Fsp3) is 0.200. The van der Waals surface area contributed by atoms with Gasteiger partial charge in [-0.2, -0.15) is 0 Å². The number of nitrogens with one attached hydrogen (secondary N) is 1. The quantitative estimate of drug-likeness (QED) is 0.404. The van der Waals surface area contributed by atoms with E-state index >= 15 is 0 Å². The molecule has 1 aromatic carbocycles. The number of aromatic amines is 1. The normalized spacial score (nSPS) is 14.3. The van der Waals surface area contributed by atoms with Crippen LogP contribution in [0, 0.1) is 0 Å². The minimum atomic E-state index is 0.340. The number of hydrogen-bond donors (Lipinski definition) is 1. The van der Waals surface area contributed by atoms with Gasteiger partial charge in [-0.05, 0) is 48.4 Å². The maximum absolute atomic E-state index is 11.0. The first-order valence-electron chi connectivity index (χ1n) is 10.7. The summed E-state index contributed by atoms with van der Waals surface area (Å²) >= 11 is 5.88. The van der Waals surface area contributed by atoms with E-state index in [1.807, 2.05) is 36.4 Å². The van der Waals surface area contributed by atoms with Crippen LogP contribution in [0.4, 0.5) is 0 Å². The molecule has 33 heavy (non-hydrogen) atoms. The van der Waals surface area contributed by atoms with Gasteiger partial charge >= 0.3 is 0 Å². The summed E-state index contributed by atoms with van der Waals surface area (Å²) in [4.78, 5) is 30.2. The predicted molar refractivity (Wildman–Crippen MR) is 127 cm³/mol. The van der Waals surface area contributed by atoms with E-state index in [1.165, 1.54) is 5.57 Å². The number of benzene rings is 1. The molecule has 3 aromatic heterocycles. The lowest BCUT2D eigenvalue weighted by Gasteiger charge is -2.25. The summed E-state index contributed by atoms with van der Waals surface area (Å²) in [7, 11) is 0. The van der Waals surface area contributed by atoms with Gasteiger partial charge in [-0.15, -0.1) is 0 Å². The van der Waals surface area contributed by atoms with Gasteiger partial charge in [0.25, 0.3) is 0 Å². The molecule has 0 amide bonds. The van der Waals surface area contributed by atoms with Gasteiger partial charge in [0.15, 0.2) is 0 Å². The third-order valence-corrected chi connectivity index (χ3v) is 5.79. The Hall–Kier alpha value is -3.55. The molecule has 0 aliphatic carbocycles. The number of halogens is 1. The van der Waals surface area contributed by atoms with Crippen molar-refractivity contribution in [2.75, 3.05) is 13.1 Å². The molecule has 0 unspecified atom stereocenters. The lowest BCUT2D eigenvalue weighted by atomic mass is 10.0. The molecule has 0 radical (unpaired) electrons. The smallest absolute Gasteiger partial charge is 0.214 e. The standard InChI is InChI=1S/C25H22ClN5O2/c26-19-5-6-20(27-13-19)16-33-25-3-1-2-21(30-25)18-8-10-31(11-9-18)14-24-28-22-7-4-17(15-32)12-23(22)29-24/h1-8,12-13,15H,9-11,14,16H2,(H,28,29). The molecule has 0 bridgehead atoms. The van der Waals surface area contributed by atoms with Crippen LogP contribution < -0.4 is 4.74 Å². The lowest BCUT2D eigenvalue weighted by Crippen LogP contribution is -2.28. The number of pyridine rings is 2. The fourth-order valence-electron chi connectivity index (χ4n) is 3.84. The van der Waals surface area contributed by atoms with E-state index in [4.69, 9.17) is 16.3 Å². The highest BCUT2D eigenvalue weighted by Crippen LogP contribution is 2.24. The van der Waals surface area contributed by atoms with Crippen molar-refractivity contribution in [3.8, 4) is 5.88 Å². The highest BCUT2D eigenvalue weighted by molar-refractivity contribution is 6.30. The second kappa shape index (κ2) is 9.52. The molecular weight excluding hydrogens is 438 g/mol. The van der Waals surface area contributed by atoms with Gasteiger partial charge in [-0.25, -0.2) is 9.97 Å². The Labute approximate surface area is 196 Å². The molecule has 7 nitrogen and oxygen atoms in total. The molecule has 0 atom stereocenters. The van der Waals surface area contributed by atoms with Crippen LogP contribution in [0.1, 0.15) is 34.0 Å². The van der Waals surface area contributed by atoms with Gasteiger partial charge in [0.05, 0.1) is 34.0 Å². The molecule has 0 saturated carbocycles. The van der Waals surface area contributed by atoms with Crippen LogP contribution in [0.2, 0.25) is 5.02 Å². The van der Waals surface area contributed by atoms with Crippen LogP contribution in [-0.2, 0) is 13.2 Å². The Morgan fingerprint density at radius 3 is 2.88 bits per heavy atom. The SMILES string of the molecule is O=Cc1ccc2nc(CN3CC=C(c4cccc(OCc5ccc(Cl)cn5)n4)CC3)[nH]c2c1. The van der Waals surface area contributed by atoms with Crippen molar-refractivity contribution in [3.05, 3.63) is 88.6 Å². The number of aldehydes is 1. The molecule has 0 fully saturated rings. The van der Waals surface area contributed by atoms with Gasteiger partial charge in [0.1, 0.15) is 18.7 Å². The van der Waals surface area contributed by atoms with Gasteiger partial charge in [-0.3, -0.25) is 14.7 Å². The number of carbonyl (C=O) groups excluding carboxylic acids is 1. The lowest BCUT2D eigenvalue weighted by molar-refractivity contribution is 0.112. The number of nitrogens with zero attached hydrogens (tertiary/aromatic N) is 4. The third kappa shape index (κ3) is 5.10. The number of carbonyl (C=O) groups is 1. The van der Waals surface area contributed by atoms with Crippen LogP contribution in [0.15, 0.2) is 60.8 Å². The number of imidazole rings is 1. The molecule has 4 aromatic rings. The van der Waals surface area contributed by atoms with Crippen molar-refractivity contribution in [1.82, 2.24) is 24.8 Å². The zero-order chi connectivity index (χ0) is 22.6. The van der Waals surface area contributed by atoms with E-state index in [9.17, 15) is 4.79 Å². The summed E-state index contributed by atoms with van der Waals surface area (Å²) in [6.45, 7) is 2.78. The number of ether oxygens (including phenoxy) is 1. The second-order valence-electron chi connectivity index (χ2n) is 7.91. The fourth-order valence-corrected chi connectivity index (χ4v) is 3.95. The van der Waals surface area contributed by atoms with Crippen molar-refractivity contribution in [1.29, 1.82) is 0 Å². The maximum Gasteiger partial charge on any atom is 0.214 e. The second-order valence-corrected chi connectivity index (χ2v) is 8.35. The van der Waals surface area contributed by atoms with Crippen molar-refractivity contribution in [3.63, 3.8) is 0 Å². The van der Waals surface area contributed by atoms with E-state index in [0.29, 0.717) is 23.1 Å². The Kier molecular flexibility index (Phi) is 6.15. The summed E-state index contributed by atoms with van der Waals surface area (Å²) in [6.07, 6.45) is 5.56.